The molecule has 0 bridgehead atoms. The standard InChI is InChI=1S/C22H17Cl3N6O3/c23-16-1-4-19(32)13(7-16)10-26-29-22(30-27-11-14-8-17(24)2-5-20(14)33)31-28-12-15-9-18(25)3-6-21(15)34/h1-12,32-34H,(H2,29,30,31)/b26-10-,27-11+,28-12+. The predicted octanol–water partition coefficient (Wildman–Crippen LogP) is 4.70. The Morgan fingerprint density at radius 2 is 1.00 bits per heavy atom. The minimum atomic E-state index is -0.0340. The van der Waals surface area contributed by atoms with Crippen molar-refractivity contribution in [1.82, 2.24) is 10.9 Å². The highest BCUT2D eigenvalue weighted by atomic mass is 35.5. The first kappa shape index (κ1) is 24.8. The van der Waals surface area contributed by atoms with Crippen molar-refractivity contribution in [3.8, 4) is 17.2 Å². The fourth-order valence-corrected chi connectivity index (χ4v) is 2.97. The summed E-state index contributed by atoms with van der Waals surface area (Å²) in [6.07, 6.45) is 3.92. The van der Waals surface area contributed by atoms with Gasteiger partial charge in [0, 0.05) is 31.8 Å². The summed E-state index contributed by atoms with van der Waals surface area (Å²) in [5.41, 5.74) is 6.24. The molecule has 0 fully saturated rings. The highest BCUT2D eigenvalue weighted by Crippen LogP contribution is 2.21. The highest BCUT2D eigenvalue weighted by molar-refractivity contribution is 6.31. The van der Waals surface area contributed by atoms with Gasteiger partial charge >= 0.3 is 0 Å². The van der Waals surface area contributed by atoms with Gasteiger partial charge in [0.05, 0.1) is 18.6 Å². The van der Waals surface area contributed by atoms with E-state index in [0.29, 0.717) is 31.8 Å². The van der Waals surface area contributed by atoms with Crippen molar-refractivity contribution in [3.63, 3.8) is 0 Å². The van der Waals surface area contributed by atoms with Crippen molar-refractivity contribution in [3.05, 3.63) is 86.4 Å². The Labute approximate surface area is 209 Å². The van der Waals surface area contributed by atoms with Crippen LogP contribution in [0.5, 0.6) is 17.2 Å². The summed E-state index contributed by atoms with van der Waals surface area (Å²) in [5, 5.41) is 46.7. The Balaban J connectivity index is 1.80. The third-order valence-electron chi connectivity index (χ3n) is 4.07. The van der Waals surface area contributed by atoms with E-state index in [1.54, 1.807) is 0 Å². The lowest BCUT2D eigenvalue weighted by atomic mass is 10.2. The van der Waals surface area contributed by atoms with Crippen LogP contribution >= 0.6 is 34.8 Å². The molecule has 0 unspecified atom stereocenters. The van der Waals surface area contributed by atoms with Crippen molar-refractivity contribution in [2.24, 2.45) is 20.4 Å². The van der Waals surface area contributed by atoms with Crippen LogP contribution in [-0.4, -0.2) is 39.9 Å². The van der Waals surface area contributed by atoms with Crippen molar-refractivity contribution >= 4 is 59.4 Å². The van der Waals surface area contributed by atoms with Crippen molar-refractivity contribution in [2.45, 2.75) is 0 Å². The van der Waals surface area contributed by atoms with E-state index in [1.165, 1.54) is 73.2 Å². The molecular weight excluding hydrogens is 503 g/mol. The molecular formula is C22H17Cl3N6O3. The van der Waals surface area contributed by atoms with Gasteiger partial charge in [0.25, 0.3) is 5.96 Å². The number of guanidine groups is 1. The quantitative estimate of drug-likeness (QED) is 0.183. The van der Waals surface area contributed by atoms with Gasteiger partial charge in [-0.05, 0) is 54.6 Å². The number of hydrogen-bond acceptors (Lipinski definition) is 7. The van der Waals surface area contributed by atoms with Crippen LogP contribution in [0.4, 0.5) is 0 Å². The number of nitrogens with zero attached hydrogens (tertiary/aromatic N) is 4. The van der Waals surface area contributed by atoms with Crippen LogP contribution in [-0.2, 0) is 0 Å². The average molecular weight is 520 g/mol. The molecule has 0 aromatic heterocycles. The lowest BCUT2D eigenvalue weighted by molar-refractivity contribution is 0.474. The number of phenolic OH excluding ortho intramolecular Hbond substituents is 3. The molecule has 12 heteroatoms. The minimum Gasteiger partial charge on any atom is -0.507 e. The van der Waals surface area contributed by atoms with E-state index in [1.807, 2.05) is 0 Å². The van der Waals surface area contributed by atoms with Gasteiger partial charge in [-0.15, -0.1) is 5.10 Å². The molecule has 0 aliphatic heterocycles. The lowest BCUT2D eigenvalue weighted by Crippen LogP contribution is -2.30. The molecule has 34 heavy (non-hydrogen) atoms. The maximum absolute atomic E-state index is 9.89. The average Bonchev–Trinajstić information content (AvgIpc) is 2.80. The molecule has 3 aromatic rings. The number of rotatable bonds is 6. The zero-order valence-corrected chi connectivity index (χ0v) is 19.5. The van der Waals surface area contributed by atoms with E-state index in [4.69, 9.17) is 34.8 Å². The number of hydrazone groups is 2. The number of aromatic hydroxyl groups is 3. The molecule has 5 N–H and O–H groups in total. The number of halogens is 3. The summed E-state index contributed by atoms with van der Waals surface area (Å²) >= 11 is 17.8. The molecule has 3 aromatic carbocycles. The van der Waals surface area contributed by atoms with Gasteiger partial charge in [-0.1, -0.05) is 34.8 Å². The molecule has 0 saturated carbocycles. The summed E-state index contributed by atoms with van der Waals surface area (Å²) in [7, 11) is 0. The Hall–Kier alpha value is -3.79. The van der Waals surface area contributed by atoms with Gasteiger partial charge in [-0.25, -0.2) is 10.9 Å². The monoisotopic (exact) mass is 518 g/mol. The van der Waals surface area contributed by atoms with E-state index >= 15 is 0 Å². The first-order chi connectivity index (χ1) is 16.3. The zero-order chi connectivity index (χ0) is 24.5. The fraction of sp³-hybridized carbons (Fsp3) is 0. The van der Waals surface area contributed by atoms with E-state index in [9.17, 15) is 15.3 Å². The molecule has 3 rings (SSSR count). The highest BCUT2D eigenvalue weighted by Gasteiger charge is 2.02. The van der Waals surface area contributed by atoms with Gasteiger partial charge in [0.15, 0.2) is 0 Å². The Morgan fingerprint density at radius 1 is 0.618 bits per heavy atom. The van der Waals surface area contributed by atoms with Crippen molar-refractivity contribution in [2.75, 3.05) is 0 Å². The summed E-state index contributed by atoms with van der Waals surface area (Å²) in [5.74, 6) is -0.112. The number of nitrogens with one attached hydrogen (secondary N) is 2. The van der Waals surface area contributed by atoms with Gasteiger partial charge < -0.3 is 15.3 Å². The molecule has 174 valence electrons. The molecule has 0 radical (unpaired) electrons. The van der Waals surface area contributed by atoms with Crippen LogP contribution in [0, 0.1) is 0 Å². The maximum atomic E-state index is 9.89. The molecule has 0 aliphatic carbocycles. The SMILES string of the molecule is Oc1ccc(Cl)cc1/C=N\N=C(N/N=C/c1cc(Cl)ccc1O)N/N=C/c1cc(Cl)ccc1O. The summed E-state index contributed by atoms with van der Waals surface area (Å²) in [6, 6.07) is 13.4. The summed E-state index contributed by atoms with van der Waals surface area (Å²) in [4.78, 5) is 0. The smallest absolute Gasteiger partial charge is 0.257 e. The topological polar surface area (TPSA) is 134 Å². The zero-order valence-electron chi connectivity index (χ0n) is 17.2. The van der Waals surface area contributed by atoms with E-state index < -0.39 is 0 Å². The molecule has 0 atom stereocenters. The Morgan fingerprint density at radius 3 is 1.41 bits per heavy atom. The van der Waals surface area contributed by atoms with Crippen molar-refractivity contribution < 1.29 is 15.3 Å². The third-order valence-corrected chi connectivity index (χ3v) is 4.78. The van der Waals surface area contributed by atoms with Gasteiger partial charge in [-0.2, -0.15) is 15.3 Å². The normalized spacial score (nSPS) is 11.4. The van der Waals surface area contributed by atoms with Crippen LogP contribution in [0.3, 0.4) is 0 Å². The minimum absolute atomic E-state index is 0.0229. The first-order valence-corrected chi connectivity index (χ1v) is 10.6. The van der Waals surface area contributed by atoms with Gasteiger partial charge in [0.2, 0.25) is 0 Å². The van der Waals surface area contributed by atoms with Crippen LogP contribution in [0.1, 0.15) is 16.7 Å². The Kier molecular flexibility index (Phi) is 8.69. The van der Waals surface area contributed by atoms with E-state index in [-0.39, 0.29) is 23.2 Å². The van der Waals surface area contributed by atoms with Gasteiger partial charge in [0.1, 0.15) is 17.2 Å². The fourth-order valence-electron chi connectivity index (χ4n) is 2.43. The lowest BCUT2D eigenvalue weighted by Gasteiger charge is -2.04. The number of benzene rings is 3. The van der Waals surface area contributed by atoms with Gasteiger partial charge in [-0.3, -0.25) is 0 Å². The van der Waals surface area contributed by atoms with Crippen LogP contribution in [0.25, 0.3) is 0 Å². The number of hydrogen-bond donors (Lipinski definition) is 5. The Bertz CT molecular complexity index is 1230. The third kappa shape index (κ3) is 7.38. The summed E-state index contributed by atoms with van der Waals surface area (Å²) in [6.45, 7) is 0. The largest absolute Gasteiger partial charge is 0.507 e. The first-order valence-electron chi connectivity index (χ1n) is 9.46. The van der Waals surface area contributed by atoms with Crippen molar-refractivity contribution in [1.29, 1.82) is 0 Å². The van der Waals surface area contributed by atoms with E-state index in [0.717, 1.165) is 0 Å². The molecule has 0 amide bonds. The molecule has 9 nitrogen and oxygen atoms in total. The summed E-state index contributed by atoms with van der Waals surface area (Å²) < 4.78 is 0. The second kappa shape index (κ2) is 11.9. The second-order valence-electron chi connectivity index (χ2n) is 6.54. The molecule has 0 saturated heterocycles. The number of phenols is 3. The van der Waals surface area contributed by atoms with E-state index in [2.05, 4.69) is 31.3 Å². The maximum Gasteiger partial charge on any atom is 0.257 e. The van der Waals surface area contributed by atoms with Crippen LogP contribution in [0.2, 0.25) is 15.1 Å². The molecule has 0 spiro atoms. The van der Waals surface area contributed by atoms with Crippen LogP contribution < -0.4 is 10.9 Å². The predicted molar refractivity (Wildman–Crippen MR) is 136 cm³/mol. The molecule has 0 aliphatic rings. The second-order valence-corrected chi connectivity index (χ2v) is 7.85. The molecule has 0 heterocycles. The van der Waals surface area contributed by atoms with Crippen LogP contribution in [0.15, 0.2) is 75.0 Å².